The van der Waals surface area contributed by atoms with Gasteiger partial charge in [0.05, 0.1) is 29.6 Å². The monoisotopic (exact) mass is 468 g/mol. The third-order valence-corrected chi connectivity index (χ3v) is 6.34. The minimum atomic E-state index is -0.537. The number of Topliss-reactive ketones (excluding diaryl/α,β-unsaturated/α-hetero) is 1. The number of nitrogens with zero attached hydrogens (tertiary/aromatic N) is 1. The number of thiocarbonyl (C=S) groups is 1. The molecule has 1 fully saturated rings. The normalized spacial score (nSPS) is 15.2. The Morgan fingerprint density at radius 2 is 1.82 bits per heavy atom. The van der Waals surface area contributed by atoms with Gasteiger partial charge < -0.3 is 10.1 Å². The lowest BCUT2D eigenvalue weighted by atomic mass is 9.99. The van der Waals surface area contributed by atoms with E-state index in [-0.39, 0.29) is 28.7 Å². The van der Waals surface area contributed by atoms with Crippen LogP contribution in [0, 0.1) is 6.92 Å². The lowest BCUT2D eigenvalue weighted by molar-refractivity contribution is -0.122. The minimum Gasteiger partial charge on any atom is -0.497 e. The zero-order chi connectivity index (χ0) is 24.0. The molecule has 0 spiro atoms. The molecule has 6 nitrogen and oxygen atoms in total. The van der Waals surface area contributed by atoms with Crippen LogP contribution in [-0.2, 0) is 9.59 Å². The van der Waals surface area contributed by atoms with Gasteiger partial charge in [0, 0.05) is 22.2 Å². The molecule has 0 radical (unpaired) electrons. The second-order valence-corrected chi connectivity index (χ2v) is 8.58. The van der Waals surface area contributed by atoms with Crippen LogP contribution < -0.4 is 10.1 Å². The highest BCUT2D eigenvalue weighted by molar-refractivity contribution is 7.80. The average Bonchev–Trinajstić information content (AvgIpc) is 3.10. The summed E-state index contributed by atoms with van der Waals surface area (Å²) in [6.45, 7) is 1.80. The quantitative estimate of drug-likeness (QED) is 0.270. The molecule has 5 rings (SSSR count). The van der Waals surface area contributed by atoms with Crippen LogP contribution in [0.2, 0.25) is 0 Å². The fourth-order valence-corrected chi connectivity index (χ4v) is 4.65. The van der Waals surface area contributed by atoms with Gasteiger partial charge in [-0.05, 0) is 48.0 Å². The zero-order valence-corrected chi connectivity index (χ0v) is 19.4. The maximum Gasteiger partial charge on any atom is 0.263 e. The molecule has 2 heterocycles. The van der Waals surface area contributed by atoms with Gasteiger partial charge in [0.15, 0.2) is 5.78 Å². The zero-order valence-electron chi connectivity index (χ0n) is 18.5. The molecule has 4 aromatic rings. The van der Waals surface area contributed by atoms with E-state index in [4.69, 9.17) is 17.0 Å². The predicted molar refractivity (Wildman–Crippen MR) is 135 cm³/mol. The van der Waals surface area contributed by atoms with Gasteiger partial charge in [-0.3, -0.25) is 19.0 Å². The number of amides is 1. The highest BCUT2D eigenvalue weighted by Crippen LogP contribution is 2.33. The molecule has 0 saturated carbocycles. The number of nitrogens with one attached hydrogen (secondary N) is 1. The molecule has 1 aliphatic heterocycles. The Kier molecular flexibility index (Phi) is 5.34. The van der Waals surface area contributed by atoms with Gasteiger partial charge in [-0.2, -0.15) is 0 Å². The highest BCUT2D eigenvalue weighted by Gasteiger charge is 2.28. The first-order chi connectivity index (χ1) is 16.4. The Bertz CT molecular complexity index is 1550. The summed E-state index contributed by atoms with van der Waals surface area (Å²) in [4.78, 5) is 39.2. The van der Waals surface area contributed by atoms with E-state index in [1.54, 1.807) is 42.9 Å². The number of hydrogen-bond donors (Lipinski definition) is 1. The molecular formula is C27H20N2O4S. The third kappa shape index (κ3) is 3.50. The van der Waals surface area contributed by atoms with Gasteiger partial charge >= 0.3 is 0 Å². The van der Waals surface area contributed by atoms with Crippen LogP contribution in [0.25, 0.3) is 27.8 Å². The van der Waals surface area contributed by atoms with Crippen molar-refractivity contribution in [2.75, 3.05) is 7.11 Å². The Morgan fingerprint density at radius 3 is 2.59 bits per heavy atom. The van der Waals surface area contributed by atoms with Crippen molar-refractivity contribution in [2.45, 2.75) is 13.3 Å². The maximum absolute atomic E-state index is 13.9. The number of ether oxygens (including phenoxy) is 1. The van der Waals surface area contributed by atoms with E-state index in [0.29, 0.717) is 33.5 Å². The molecule has 7 heteroatoms. The van der Waals surface area contributed by atoms with Gasteiger partial charge in [0.25, 0.3) is 11.8 Å². The molecule has 1 amide bonds. The molecule has 0 unspecified atom stereocenters. The lowest BCUT2D eigenvalue weighted by Crippen LogP contribution is -2.39. The van der Waals surface area contributed by atoms with Gasteiger partial charge in [-0.1, -0.05) is 48.6 Å². The second-order valence-electron chi connectivity index (χ2n) is 8.08. The number of rotatable bonds is 3. The van der Waals surface area contributed by atoms with Crippen molar-refractivity contribution < 1.29 is 19.1 Å². The summed E-state index contributed by atoms with van der Waals surface area (Å²) in [6.07, 6.45) is 1.52. The SMILES string of the molecule is COc1ccc2c(c1)c(/C=C1/C(=O)CC(=S)NC1=O)c(C)n2C(=O)c1cccc2ccccc12. The predicted octanol–water partition coefficient (Wildman–Crippen LogP) is 4.60. The van der Waals surface area contributed by atoms with Crippen LogP contribution in [0.1, 0.15) is 28.0 Å². The summed E-state index contributed by atoms with van der Waals surface area (Å²) in [7, 11) is 1.56. The molecule has 168 valence electrons. The van der Waals surface area contributed by atoms with Gasteiger partial charge in [-0.15, -0.1) is 0 Å². The van der Waals surface area contributed by atoms with E-state index in [0.717, 1.165) is 10.8 Å². The summed E-state index contributed by atoms with van der Waals surface area (Å²) in [6, 6.07) is 18.7. The summed E-state index contributed by atoms with van der Waals surface area (Å²) >= 11 is 5.00. The summed E-state index contributed by atoms with van der Waals surface area (Å²) in [5.74, 6) is -0.487. The Morgan fingerprint density at radius 1 is 1.06 bits per heavy atom. The van der Waals surface area contributed by atoms with E-state index in [1.807, 2.05) is 42.5 Å². The molecule has 1 N–H and O–H groups in total. The Labute approximate surface area is 200 Å². The molecular weight excluding hydrogens is 448 g/mol. The highest BCUT2D eigenvalue weighted by atomic mass is 32.1. The van der Waals surface area contributed by atoms with Crippen LogP contribution in [-0.4, -0.2) is 34.3 Å². The Hall–Kier alpha value is -4.10. The fourth-order valence-electron chi connectivity index (χ4n) is 4.42. The third-order valence-electron chi connectivity index (χ3n) is 6.09. The van der Waals surface area contributed by atoms with Crippen molar-refractivity contribution in [1.29, 1.82) is 0 Å². The smallest absolute Gasteiger partial charge is 0.263 e. The molecule has 0 bridgehead atoms. The number of methoxy groups -OCH3 is 1. The summed E-state index contributed by atoms with van der Waals surface area (Å²) in [5.41, 5.74) is 2.44. The van der Waals surface area contributed by atoms with Crippen molar-refractivity contribution in [2.24, 2.45) is 0 Å². The topological polar surface area (TPSA) is 77.4 Å². The number of carbonyl (C=O) groups is 3. The number of ketones is 1. The minimum absolute atomic E-state index is 0.0104. The van der Waals surface area contributed by atoms with Crippen LogP contribution >= 0.6 is 12.2 Å². The largest absolute Gasteiger partial charge is 0.497 e. The number of hydrogen-bond acceptors (Lipinski definition) is 5. The number of benzene rings is 3. The first-order valence-electron chi connectivity index (χ1n) is 10.7. The maximum atomic E-state index is 13.9. The van der Waals surface area contributed by atoms with E-state index in [1.165, 1.54) is 0 Å². The first kappa shape index (κ1) is 21.7. The van der Waals surface area contributed by atoms with Crippen LogP contribution in [0.5, 0.6) is 5.75 Å². The van der Waals surface area contributed by atoms with Gasteiger partial charge in [-0.25, -0.2) is 0 Å². The van der Waals surface area contributed by atoms with Crippen LogP contribution in [0.3, 0.4) is 0 Å². The lowest BCUT2D eigenvalue weighted by Gasteiger charge is -2.15. The van der Waals surface area contributed by atoms with Crippen molar-refractivity contribution in [3.63, 3.8) is 0 Å². The molecule has 1 aliphatic rings. The average molecular weight is 469 g/mol. The molecule has 3 aromatic carbocycles. The number of carbonyl (C=O) groups excluding carboxylic acids is 3. The number of fused-ring (bicyclic) bond motifs is 2. The first-order valence-corrected chi connectivity index (χ1v) is 11.1. The summed E-state index contributed by atoms with van der Waals surface area (Å²) < 4.78 is 7.02. The second kappa shape index (κ2) is 8.35. The van der Waals surface area contributed by atoms with E-state index < -0.39 is 5.91 Å². The van der Waals surface area contributed by atoms with E-state index >= 15 is 0 Å². The molecule has 0 atom stereocenters. The fraction of sp³-hybridized carbons (Fsp3) is 0.111. The molecule has 0 aliphatic carbocycles. The van der Waals surface area contributed by atoms with Crippen molar-refractivity contribution >= 4 is 62.6 Å². The van der Waals surface area contributed by atoms with E-state index in [2.05, 4.69) is 5.32 Å². The molecule has 1 aromatic heterocycles. The van der Waals surface area contributed by atoms with Crippen LogP contribution in [0.15, 0.2) is 66.2 Å². The Balaban J connectivity index is 1.76. The standard InChI is InChI=1S/C27H20N2O4S/c1-15-20(13-22-24(30)14-25(34)28-26(22)31)21-12-17(33-2)10-11-23(21)29(15)27(32)19-9-5-7-16-6-3-4-8-18(16)19/h3-13H,14H2,1-2H3,(H,28,31,34)/b22-13-. The van der Waals surface area contributed by atoms with Crippen molar-refractivity contribution in [3.05, 3.63) is 83.1 Å². The summed E-state index contributed by atoms with van der Waals surface area (Å²) in [5, 5.41) is 5.06. The molecule has 34 heavy (non-hydrogen) atoms. The van der Waals surface area contributed by atoms with E-state index in [9.17, 15) is 14.4 Å². The number of piperidine rings is 1. The van der Waals surface area contributed by atoms with Gasteiger partial charge in [0.2, 0.25) is 0 Å². The van der Waals surface area contributed by atoms with Crippen molar-refractivity contribution in [3.8, 4) is 5.75 Å². The number of aromatic nitrogens is 1. The van der Waals surface area contributed by atoms with Gasteiger partial charge in [0.1, 0.15) is 5.75 Å². The van der Waals surface area contributed by atoms with Crippen LogP contribution in [0.4, 0.5) is 0 Å². The molecule has 1 saturated heterocycles. The van der Waals surface area contributed by atoms with Crippen molar-refractivity contribution in [1.82, 2.24) is 9.88 Å².